The number of thiazole rings is 1. The smallest absolute Gasteiger partial charge is 0.338 e. The number of hydrogen-bond donors (Lipinski definition) is 2. The fourth-order valence-corrected chi connectivity index (χ4v) is 3.23. The van der Waals surface area contributed by atoms with Gasteiger partial charge in [-0.3, -0.25) is 10.1 Å². The van der Waals surface area contributed by atoms with E-state index in [0.29, 0.717) is 17.4 Å². The zero-order valence-electron chi connectivity index (χ0n) is 16.0. The number of nitrogens with one attached hydrogen (secondary N) is 1. The number of aromatic nitrogens is 1. The molecule has 0 saturated heterocycles. The molecule has 3 rings (SSSR count). The minimum absolute atomic E-state index is 0.289. The number of carbonyl (C=O) groups excluding carboxylic acids is 2. The van der Waals surface area contributed by atoms with Gasteiger partial charge >= 0.3 is 5.97 Å². The molecule has 3 N–H and O–H groups in total. The van der Waals surface area contributed by atoms with Crippen molar-refractivity contribution in [3.63, 3.8) is 0 Å². The Bertz CT molecular complexity index is 1000. The Balaban J connectivity index is 1.59. The number of anilines is 2. The van der Waals surface area contributed by atoms with Crippen molar-refractivity contribution in [3.8, 4) is 17.0 Å². The Labute approximate surface area is 172 Å². The molecule has 0 bridgehead atoms. The molecule has 1 unspecified atom stereocenters. The summed E-state index contributed by atoms with van der Waals surface area (Å²) in [4.78, 5) is 28.9. The second-order valence-electron chi connectivity index (χ2n) is 6.16. The van der Waals surface area contributed by atoms with Gasteiger partial charge in [0.15, 0.2) is 11.2 Å². The molecule has 2 aromatic carbocycles. The van der Waals surface area contributed by atoms with Crippen LogP contribution in [0, 0.1) is 0 Å². The minimum Gasteiger partial charge on any atom is -0.494 e. The molecular formula is C21H21N3O4S. The number of ether oxygens (including phenoxy) is 2. The summed E-state index contributed by atoms with van der Waals surface area (Å²) in [5, 5.41) is 4.94. The molecule has 0 aliphatic heterocycles. The van der Waals surface area contributed by atoms with Crippen molar-refractivity contribution in [3.05, 3.63) is 59.5 Å². The topological polar surface area (TPSA) is 104 Å². The van der Waals surface area contributed by atoms with Gasteiger partial charge in [-0.1, -0.05) is 6.07 Å². The molecule has 3 aromatic rings. The molecule has 0 aliphatic carbocycles. The minimum atomic E-state index is -0.984. The van der Waals surface area contributed by atoms with E-state index in [1.807, 2.05) is 36.6 Å². The Hall–Kier alpha value is -3.39. The van der Waals surface area contributed by atoms with Gasteiger partial charge in [0.25, 0.3) is 5.91 Å². The van der Waals surface area contributed by atoms with Crippen LogP contribution in [0.2, 0.25) is 0 Å². The van der Waals surface area contributed by atoms with Crippen molar-refractivity contribution in [2.24, 2.45) is 0 Å². The van der Waals surface area contributed by atoms with Gasteiger partial charge < -0.3 is 15.2 Å². The van der Waals surface area contributed by atoms with Gasteiger partial charge in [0.1, 0.15) is 5.75 Å². The number of rotatable bonds is 7. The number of esters is 1. The highest BCUT2D eigenvalue weighted by molar-refractivity contribution is 7.14. The lowest BCUT2D eigenvalue weighted by Crippen LogP contribution is -2.30. The van der Waals surface area contributed by atoms with E-state index in [0.717, 1.165) is 17.0 Å². The standard InChI is InChI=1S/C21H21N3O4S/c1-3-27-17-9-7-14(8-10-17)18-12-29-21(23-18)24-19(25)13(2)28-20(26)15-5-4-6-16(22)11-15/h4-13H,3,22H2,1-2H3,(H,23,24,25). The predicted molar refractivity (Wildman–Crippen MR) is 113 cm³/mol. The normalized spacial score (nSPS) is 11.5. The Morgan fingerprint density at radius 1 is 1.21 bits per heavy atom. The van der Waals surface area contributed by atoms with Gasteiger partial charge in [-0.05, 0) is 56.3 Å². The van der Waals surface area contributed by atoms with Crippen LogP contribution in [0.4, 0.5) is 10.8 Å². The van der Waals surface area contributed by atoms with Crippen LogP contribution in [0.25, 0.3) is 11.3 Å². The average molecular weight is 411 g/mol. The van der Waals surface area contributed by atoms with Crippen LogP contribution in [0.1, 0.15) is 24.2 Å². The summed E-state index contributed by atoms with van der Waals surface area (Å²) in [6, 6.07) is 13.9. The number of amides is 1. The number of nitrogens with two attached hydrogens (primary N) is 1. The Kier molecular flexibility index (Phi) is 6.46. The molecule has 1 amide bonds. The van der Waals surface area contributed by atoms with E-state index in [-0.39, 0.29) is 5.56 Å². The SMILES string of the molecule is CCOc1ccc(-c2csc(NC(=O)C(C)OC(=O)c3cccc(N)c3)n2)cc1. The van der Waals surface area contributed by atoms with E-state index < -0.39 is 18.0 Å². The van der Waals surface area contributed by atoms with Gasteiger partial charge in [0.05, 0.1) is 17.9 Å². The summed E-state index contributed by atoms with van der Waals surface area (Å²) in [5.41, 5.74) is 8.04. The first-order chi connectivity index (χ1) is 14.0. The molecule has 0 radical (unpaired) electrons. The summed E-state index contributed by atoms with van der Waals surface area (Å²) in [7, 11) is 0. The molecule has 0 saturated carbocycles. The molecule has 1 aromatic heterocycles. The van der Waals surface area contributed by atoms with Crippen LogP contribution in [0.3, 0.4) is 0 Å². The third-order valence-corrected chi connectivity index (χ3v) is 4.73. The third kappa shape index (κ3) is 5.32. The lowest BCUT2D eigenvalue weighted by Gasteiger charge is -2.12. The second kappa shape index (κ2) is 9.20. The summed E-state index contributed by atoms with van der Waals surface area (Å²) in [5.74, 6) is -0.292. The molecule has 150 valence electrons. The largest absolute Gasteiger partial charge is 0.494 e. The van der Waals surface area contributed by atoms with Gasteiger partial charge in [-0.15, -0.1) is 11.3 Å². The van der Waals surface area contributed by atoms with Crippen LogP contribution in [0.5, 0.6) is 5.75 Å². The highest BCUT2D eigenvalue weighted by Crippen LogP contribution is 2.26. The lowest BCUT2D eigenvalue weighted by molar-refractivity contribution is -0.123. The Morgan fingerprint density at radius 2 is 1.97 bits per heavy atom. The zero-order chi connectivity index (χ0) is 20.8. The van der Waals surface area contributed by atoms with Crippen molar-refractivity contribution in [2.45, 2.75) is 20.0 Å². The number of nitrogen functional groups attached to an aromatic ring is 1. The molecule has 1 atom stereocenters. The van der Waals surface area contributed by atoms with Crippen molar-refractivity contribution in [1.82, 2.24) is 4.98 Å². The van der Waals surface area contributed by atoms with Crippen LogP contribution in [-0.4, -0.2) is 29.6 Å². The second-order valence-corrected chi connectivity index (χ2v) is 7.02. The van der Waals surface area contributed by atoms with Crippen LogP contribution >= 0.6 is 11.3 Å². The number of carbonyl (C=O) groups is 2. The van der Waals surface area contributed by atoms with Crippen LogP contribution in [0.15, 0.2) is 53.9 Å². The van der Waals surface area contributed by atoms with E-state index in [1.165, 1.54) is 24.3 Å². The first-order valence-electron chi connectivity index (χ1n) is 9.02. The maximum atomic E-state index is 12.3. The van der Waals surface area contributed by atoms with Gasteiger partial charge in [-0.25, -0.2) is 9.78 Å². The summed E-state index contributed by atoms with van der Waals surface area (Å²) in [6.45, 7) is 4.03. The third-order valence-electron chi connectivity index (χ3n) is 3.97. The molecular weight excluding hydrogens is 390 g/mol. The van der Waals surface area contributed by atoms with E-state index >= 15 is 0 Å². The van der Waals surface area contributed by atoms with Crippen molar-refractivity contribution >= 4 is 34.0 Å². The summed E-state index contributed by atoms with van der Waals surface area (Å²) >= 11 is 1.29. The van der Waals surface area contributed by atoms with Crippen LogP contribution < -0.4 is 15.8 Å². The predicted octanol–water partition coefficient (Wildman–Crippen LogP) is 3.98. The van der Waals surface area contributed by atoms with Gasteiger partial charge in [0, 0.05) is 16.6 Å². The van der Waals surface area contributed by atoms with Gasteiger partial charge in [0.2, 0.25) is 0 Å². The van der Waals surface area contributed by atoms with E-state index in [1.54, 1.807) is 18.2 Å². The molecule has 29 heavy (non-hydrogen) atoms. The molecule has 0 spiro atoms. The van der Waals surface area contributed by atoms with E-state index in [2.05, 4.69) is 10.3 Å². The lowest BCUT2D eigenvalue weighted by atomic mass is 10.2. The van der Waals surface area contributed by atoms with E-state index in [9.17, 15) is 9.59 Å². The average Bonchev–Trinajstić information content (AvgIpc) is 3.17. The molecule has 8 heteroatoms. The monoisotopic (exact) mass is 411 g/mol. The number of hydrogen-bond acceptors (Lipinski definition) is 7. The fraction of sp³-hybridized carbons (Fsp3) is 0.190. The first-order valence-corrected chi connectivity index (χ1v) is 9.90. The fourth-order valence-electron chi connectivity index (χ4n) is 2.51. The maximum absolute atomic E-state index is 12.3. The van der Waals surface area contributed by atoms with Crippen LogP contribution in [-0.2, 0) is 9.53 Å². The molecule has 0 aliphatic rings. The Morgan fingerprint density at radius 3 is 2.66 bits per heavy atom. The first kappa shape index (κ1) is 20.3. The number of benzene rings is 2. The van der Waals surface area contributed by atoms with E-state index in [4.69, 9.17) is 15.2 Å². The molecule has 1 heterocycles. The molecule has 0 fully saturated rings. The molecule has 7 nitrogen and oxygen atoms in total. The van der Waals surface area contributed by atoms with Crippen molar-refractivity contribution in [1.29, 1.82) is 0 Å². The highest BCUT2D eigenvalue weighted by atomic mass is 32.1. The van der Waals surface area contributed by atoms with Gasteiger partial charge in [-0.2, -0.15) is 0 Å². The zero-order valence-corrected chi connectivity index (χ0v) is 16.9. The van der Waals surface area contributed by atoms with Crippen molar-refractivity contribution in [2.75, 3.05) is 17.7 Å². The summed E-state index contributed by atoms with van der Waals surface area (Å²) < 4.78 is 10.6. The quantitative estimate of drug-likeness (QED) is 0.450. The highest BCUT2D eigenvalue weighted by Gasteiger charge is 2.20. The number of nitrogens with zero attached hydrogens (tertiary/aromatic N) is 1. The summed E-state index contributed by atoms with van der Waals surface area (Å²) in [6.07, 6.45) is -0.984. The van der Waals surface area contributed by atoms with Crippen molar-refractivity contribution < 1.29 is 19.1 Å². The maximum Gasteiger partial charge on any atom is 0.338 e.